The van der Waals surface area contributed by atoms with Crippen LogP contribution in [0.2, 0.25) is 0 Å². The standard InChI is InChI=1S/C15H19FN2O3/c1-10(2)17-14(19)9-18(3)13-6-4-11(8-12(13)16)5-7-15(20)21/h4-8,10H,9H2,1-3H3,(H,17,19)(H,20,21). The average molecular weight is 294 g/mol. The van der Waals surface area contributed by atoms with Crippen LogP contribution in [0.15, 0.2) is 24.3 Å². The van der Waals surface area contributed by atoms with Crippen molar-refractivity contribution in [2.75, 3.05) is 18.5 Å². The second kappa shape index (κ2) is 7.42. The first-order valence-corrected chi connectivity index (χ1v) is 6.50. The highest BCUT2D eigenvalue weighted by molar-refractivity contribution is 5.85. The molecule has 6 heteroatoms. The van der Waals surface area contributed by atoms with Crippen LogP contribution in [0.25, 0.3) is 6.08 Å². The molecule has 1 amide bonds. The Morgan fingerprint density at radius 2 is 2.10 bits per heavy atom. The molecule has 21 heavy (non-hydrogen) atoms. The van der Waals surface area contributed by atoms with Crippen LogP contribution in [0, 0.1) is 5.82 Å². The fraction of sp³-hybridized carbons (Fsp3) is 0.333. The van der Waals surface area contributed by atoms with Gasteiger partial charge in [-0.3, -0.25) is 4.79 Å². The number of hydrogen-bond donors (Lipinski definition) is 2. The molecule has 0 spiro atoms. The van der Waals surface area contributed by atoms with E-state index in [2.05, 4.69) is 5.32 Å². The molecule has 0 unspecified atom stereocenters. The third-order valence-electron chi connectivity index (χ3n) is 2.63. The van der Waals surface area contributed by atoms with Gasteiger partial charge in [-0.2, -0.15) is 0 Å². The summed E-state index contributed by atoms with van der Waals surface area (Å²) in [4.78, 5) is 23.5. The molecule has 1 aromatic carbocycles. The Balaban J connectivity index is 2.79. The lowest BCUT2D eigenvalue weighted by molar-refractivity contribution is -0.131. The van der Waals surface area contributed by atoms with E-state index in [-0.39, 0.29) is 24.2 Å². The predicted molar refractivity (Wildman–Crippen MR) is 79.6 cm³/mol. The number of hydrogen-bond acceptors (Lipinski definition) is 3. The predicted octanol–water partition coefficient (Wildman–Crippen LogP) is 1.88. The zero-order valence-corrected chi connectivity index (χ0v) is 12.3. The third kappa shape index (κ3) is 5.64. The molecule has 0 radical (unpaired) electrons. The number of nitrogens with zero attached hydrogens (tertiary/aromatic N) is 1. The minimum absolute atomic E-state index is 0.0271. The summed E-state index contributed by atoms with van der Waals surface area (Å²) >= 11 is 0. The number of aliphatic carboxylic acids is 1. The van der Waals surface area contributed by atoms with E-state index in [4.69, 9.17) is 5.11 Å². The maximum atomic E-state index is 14.0. The Hall–Kier alpha value is -2.37. The fourth-order valence-electron chi connectivity index (χ4n) is 1.77. The van der Waals surface area contributed by atoms with Crippen LogP contribution in [-0.4, -0.2) is 36.6 Å². The van der Waals surface area contributed by atoms with E-state index in [1.807, 2.05) is 13.8 Å². The van der Waals surface area contributed by atoms with E-state index in [0.29, 0.717) is 5.56 Å². The number of benzene rings is 1. The van der Waals surface area contributed by atoms with Crippen molar-refractivity contribution >= 4 is 23.6 Å². The van der Waals surface area contributed by atoms with Crippen molar-refractivity contribution < 1.29 is 19.1 Å². The van der Waals surface area contributed by atoms with Gasteiger partial charge in [-0.1, -0.05) is 6.07 Å². The molecule has 0 atom stereocenters. The molecule has 0 aliphatic carbocycles. The highest BCUT2D eigenvalue weighted by Crippen LogP contribution is 2.20. The summed E-state index contributed by atoms with van der Waals surface area (Å²) in [6.45, 7) is 3.74. The molecular formula is C15H19FN2O3. The number of anilines is 1. The first-order valence-electron chi connectivity index (χ1n) is 6.50. The van der Waals surface area contributed by atoms with E-state index in [9.17, 15) is 14.0 Å². The first kappa shape index (κ1) is 16.7. The first-order chi connectivity index (χ1) is 9.79. The lowest BCUT2D eigenvalue weighted by Crippen LogP contribution is -2.38. The van der Waals surface area contributed by atoms with Crippen molar-refractivity contribution in [1.29, 1.82) is 0 Å². The van der Waals surface area contributed by atoms with Crippen molar-refractivity contribution in [3.05, 3.63) is 35.7 Å². The zero-order chi connectivity index (χ0) is 16.0. The molecule has 0 aromatic heterocycles. The molecule has 2 N–H and O–H groups in total. The van der Waals surface area contributed by atoms with Gasteiger partial charge in [0.2, 0.25) is 5.91 Å². The van der Waals surface area contributed by atoms with Gasteiger partial charge in [0.05, 0.1) is 12.2 Å². The summed E-state index contributed by atoms with van der Waals surface area (Å²) in [5, 5.41) is 11.3. The molecule has 0 saturated carbocycles. The third-order valence-corrected chi connectivity index (χ3v) is 2.63. The number of nitrogens with one attached hydrogen (secondary N) is 1. The van der Waals surface area contributed by atoms with Crippen molar-refractivity contribution in [2.45, 2.75) is 19.9 Å². The molecule has 114 valence electrons. The number of amides is 1. The second-order valence-electron chi connectivity index (χ2n) is 4.96. The number of carbonyl (C=O) groups excluding carboxylic acids is 1. The molecule has 0 saturated heterocycles. The van der Waals surface area contributed by atoms with Gasteiger partial charge < -0.3 is 15.3 Å². The van der Waals surface area contributed by atoms with Crippen LogP contribution < -0.4 is 10.2 Å². The van der Waals surface area contributed by atoms with Crippen molar-refractivity contribution in [3.8, 4) is 0 Å². The smallest absolute Gasteiger partial charge is 0.328 e. The van der Waals surface area contributed by atoms with E-state index in [0.717, 1.165) is 6.08 Å². The van der Waals surface area contributed by atoms with Crippen LogP contribution in [0.1, 0.15) is 19.4 Å². The highest BCUT2D eigenvalue weighted by Gasteiger charge is 2.12. The van der Waals surface area contributed by atoms with Gasteiger partial charge >= 0.3 is 5.97 Å². The number of carboxylic acids is 1. The van der Waals surface area contributed by atoms with Gasteiger partial charge in [-0.05, 0) is 37.6 Å². The molecule has 0 aliphatic heterocycles. The number of carboxylic acid groups (broad SMARTS) is 1. The number of halogens is 1. The number of carbonyl (C=O) groups is 2. The topological polar surface area (TPSA) is 69.6 Å². The molecule has 0 aliphatic rings. The summed E-state index contributed by atoms with van der Waals surface area (Å²) in [5.74, 6) is -1.80. The maximum absolute atomic E-state index is 14.0. The largest absolute Gasteiger partial charge is 0.478 e. The Labute approximate surface area is 123 Å². The summed E-state index contributed by atoms with van der Waals surface area (Å²) in [7, 11) is 1.62. The maximum Gasteiger partial charge on any atom is 0.328 e. The van der Waals surface area contributed by atoms with Crippen LogP contribution >= 0.6 is 0 Å². The molecule has 0 fully saturated rings. The summed E-state index contributed by atoms with van der Waals surface area (Å²) in [6.07, 6.45) is 2.24. The van der Waals surface area contributed by atoms with Gasteiger partial charge in [0.25, 0.3) is 0 Å². The van der Waals surface area contributed by atoms with E-state index < -0.39 is 11.8 Å². The normalized spacial score (nSPS) is 10.9. The molecule has 1 aromatic rings. The molecule has 0 heterocycles. The summed E-state index contributed by atoms with van der Waals surface area (Å²) in [6, 6.07) is 4.36. The van der Waals surface area contributed by atoms with Crippen LogP contribution in [0.5, 0.6) is 0 Å². The van der Waals surface area contributed by atoms with E-state index in [1.165, 1.54) is 23.1 Å². The Bertz CT molecular complexity index is 556. The SMILES string of the molecule is CC(C)NC(=O)CN(C)c1ccc(C=CC(=O)O)cc1F. The minimum Gasteiger partial charge on any atom is -0.478 e. The van der Waals surface area contributed by atoms with Crippen LogP contribution in [0.3, 0.4) is 0 Å². The zero-order valence-electron chi connectivity index (χ0n) is 12.3. The molecule has 0 bridgehead atoms. The monoisotopic (exact) mass is 294 g/mol. The van der Waals surface area contributed by atoms with Gasteiger partial charge in [0.1, 0.15) is 5.82 Å². The van der Waals surface area contributed by atoms with Gasteiger partial charge in [-0.15, -0.1) is 0 Å². The average Bonchev–Trinajstić information content (AvgIpc) is 2.34. The lowest BCUT2D eigenvalue weighted by atomic mass is 10.1. The van der Waals surface area contributed by atoms with Gasteiger partial charge in [-0.25, -0.2) is 9.18 Å². The fourth-order valence-corrected chi connectivity index (χ4v) is 1.77. The Morgan fingerprint density at radius 3 is 2.62 bits per heavy atom. The van der Waals surface area contributed by atoms with Gasteiger partial charge in [0.15, 0.2) is 0 Å². The van der Waals surface area contributed by atoms with Crippen molar-refractivity contribution in [3.63, 3.8) is 0 Å². The quantitative estimate of drug-likeness (QED) is 0.786. The van der Waals surface area contributed by atoms with Crippen LogP contribution in [-0.2, 0) is 9.59 Å². The number of likely N-dealkylation sites (N-methyl/N-ethyl adjacent to an activating group) is 1. The molecule has 5 nitrogen and oxygen atoms in total. The van der Waals surface area contributed by atoms with E-state index >= 15 is 0 Å². The van der Waals surface area contributed by atoms with Crippen LogP contribution in [0.4, 0.5) is 10.1 Å². The molecule has 1 rings (SSSR count). The van der Waals surface area contributed by atoms with E-state index in [1.54, 1.807) is 13.1 Å². The Morgan fingerprint density at radius 1 is 1.43 bits per heavy atom. The van der Waals surface area contributed by atoms with Crippen molar-refractivity contribution in [1.82, 2.24) is 5.32 Å². The summed E-state index contributed by atoms with van der Waals surface area (Å²) in [5.41, 5.74) is 0.722. The number of rotatable bonds is 6. The minimum atomic E-state index is -1.10. The van der Waals surface area contributed by atoms with Crippen molar-refractivity contribution in [2.24, 2.45) is 0 Å². The molecular weight excluding hydrogens is 275 g/mol. The highest BCUT2D eigenvalue weighted by atomic mass is 19.1. The second-order valence-corrected chi connectivity index (χ2v) is 4.96. The lowest BCUT2D eigenvalue weighted by Gasteiger charge is -2.20. The summed E-state index contributed by atoms with van der Waals surface area (Å²) < 4.78 is 14.0. The Kier molecular flexibility index (Phi) is 5.90. The van der Waals surface area contributed by atoms with Gasteiger partial charge in [0, 0.05) is 19.2 Å².